The Kier molecular flexibility index (Phi) is 2.85. The Morgan fingerprint density at radius 3 is 2.77 bits per heavy atom. The van der Waals surface area contributed by atoms with Crippen LogP contribution in [-0.4, -0.2) is 16.8 Å². The lowest BCUT2D eigenvalue weighted by Gasteiger charge is -2.10. The van der Waals surface area contributed by atoms with Crippen molar-refractivity contribution in [1.82, 2.24) is 0 Å². The second-order valence-corrected chi connectivity index (χ2v) is 2.67. The summed E-state index contributed by atoms with van der Waals surface area (Å²) >= 11 is 0. The minimum atomic E-state index is -0.623. The first-order chi connectivity index (χ1) is 6.19. The fourth-order valence-corrected chi connectivity index (χ4v) is 1.06. The molecule has 4 N–H and O–H groups in total. The van der Waals surface area contributed by atoms with Crippen LogP contribution in [0.4, 0.5) is 0 Å². The van der Waals surface area contributed by atoms with Crippen LogP contribution in [0.2, 0.25) is 0 Å². The average molecular weight is 178 g/mol. The number of rotatable bonds is 2. The van der Waals surface area contributed by atoms with Crippen LogP contribution in [0.15, 0.2) is 18.2 Å². The number of benzene rings is 1. The fraction of sp³-hybridized carbons (Fsp3) is 0.222. The van der Waals surface area contributed by atoms with Gasteiger partial charge in [-0.05, 0) is 23.8 Å². The number of nitriles is 1. The number of aromatic hydroxyl groups is 1. The summed E-state index contributed by atoms with van der Waals surface area (Å²) in [6.45, 7) is -0.252. The number of aliphatic hydroxyl groups excluding tert-OH is 1. The summed E-state index contributed by atoms with van der Waals surface area (Å²) in [4.78, 5) is 0. The zero-order valence-electron chi connectivity index (χ0n) is 6.94. The molecule has 0 heterocycles. The maximum Gasteiger partial charge on any atom is 0.116 e. The van der Waals surface area contributed by atoms with E-state index in [1.807, 2.05) is 6.07 Å². The highest BCUT2D eigenvalue weighted by molar-refractivity contribution is 5.43. The summed E-state index contributed by atoms with van der Waals surface area (Å²) in [5.41, 5.74) is 6.36. The lowest BCUT2D eigenvalue weighted by atomic mass is 10.0. The lowest BCUT2D eigenvalue weighted by Crippen LogP contribution is -2.15. The van der Waals surface area contributed by atoms with E-state index in [2.05, 4.69) is 0 Å². The van der Waals surface area contributed by atoms with Gasteiger partial charge in [-0.2, -0.15) is 5.26 Å². The SMILES string of the molecule is N#Cc1ccc(O)cc1[C@H](N)CO. The molecule has 68 valence electrons. The van der Waals surface area contributed by atoms with Gasteiger partial charge in [0.25, 0.3) is 0 Å². The van der Waals surface area contributed by atoms with Crippen molar-refractivity contribution >= 4 is 0 Å². The molecule has 1 rings (SSSR count). The Morgan fingerprint density at radius 2 is 2.23 bits per heavy atom. The van der Waals surface area contributed by atoms with E-state index in [0.717, 1.165) is 0 Å². The van der Waals surface area contributed by atoms with Crippen molar-refractivity contribution in [3.63, 3.8) is 0 Å². The van der Waals surface area contributed by atoms with Gasteiger partial charge in [-0.25, -0.2) is 0 Å². The quantitative estimate of drug-likeness (QED) is 0.605. The van der Waals surface area contributed by atoms with E-state index < -0.39 is 6.04 Å². The third-order valence-electron chi connectivity index (χ3n) is 1.75. The molecule has 0 aliphatic carbocycles. The van der Waals surface area contributed by atoms with E-state index >= 15 is 0 Å². The largest absolute Gasteiger partial charge is 0.508 e. The summed E-state index contributed by atoms with van der Waals surface area (Å²) in [5.74, 6) is 0.0397. The molecule has 1 atom stereocenters. The van der Waals surface area contributed by atoms with E-state index in [-0.39, 0.29) is 12.4 Å². The van der Waals surface area contributed by atoms with Gasteiger partial charge < -0.3 is 15.9 Å². The normalized spacial score (nSPS) is 12.1. The van der Waals surface area contributed by atoms with Crippen LogP contribution in [0, 0.1) is 11.3 Å². The van der Waals surface area contributed by atoms with Gasteiger partial charge in [0.2, 0.25) is 0 Å². The molecule has 0 amide bonds. The summed E-state index contributed by atoms with van der Waals surface area (Å²) in [7, 11) is 0. The molecule has 0 saturated carbocycles. The molecule has 0 spiro atoms. The molecule has 1 aromatic rings. The number of aliphatic hydroxyl groups is 1. The highest BCUT2D eigenvalue weighted by Gasteiger charge is 2.10. The predicted molar refractivity (Wildman–Crippen MR) is 46.8 cm³/mol. The van der Waals surface area contributed by atoms with E-state index in [1.54, 1.807) is 0 Å². The Balaban J connectivity index is 3.17. The molecule has 4 heteroatoms. The van der Waals surface area contributed by atoms with Crippen LogP contribution < -0.4 is 5.73 Å². The Labute approximate surface area is 75.8 Å². The highest BCUT2D eigenvalue weighted by atomic mass is 16.3. The van der Waals surface area contributed by atoms with Gasteiger partial charge in [0.15, 0.2) is 0 Å². The Hall–Kier alpha value is -1.57. The van der Waals surface area contributed by atoms with Gasteiger partial charge in [-0.1, -0.05) is 0 Å². The first-order valence-corrected chi connectivity index (χ1v) is 3.78. The topological polar surface area (TPSA) is 90.3 Å². The van der Waals surface area contributed by atoms with Gasteiger partial charge in [-0.15, -0.1) is 0 Å². The molecule has 0 aliphatic rings. The van der Waals surface area contributed by atoms with E-state index in [4.69, 9.17) is 21.2 Å². The monoisotopic (exact) mass is 178 g/mol. The molecule has 0 aliphatic heterocycles. The number of phenolic OH excluding ortho intramolecular Hbond substituents is 1. The van der Waals surface area contributed by atoms with Crippen molar-refractivity contribution in [3.05, 3.63) is 29.3 Å². The van der Waals surface area contributed by atoms with Gasteiger partial charge in [0.05, 0.1) is 24.3 Å². The van der Waals surface area contributed by atoms with E-state index in [0.29, 0.717) is 11.1 Å². The van der Waals surface area contributed by atoms with Crippen LogP contribution in [0.5, 0.6) is 5.75 Å². The van der Waals surface area contributed by atoms with Gasteiger partial charge >= 0.3 is 0 Å². The number of nitrogens with zero attached hydrogens (tertiary/aromatic N) is 1. The number of nitrogens with two attached hydrogens (primary N) is 1. The Morgan fingerprint density at radius 1 is 1.54 bits per heavy atom. The fourth-order valence-electron chi connectivity index (χ4n) is 1.06. The third kappa shape index (κ3) is 1.96. The average Bonchev–Trinajstić information content (AvgIpc) is 2.16. The Bertz CT molecular complexity index is 344. The number of hydrogen-bond acceptors (Lipinski definition) is 4. The second-order valence-electron chi connectivity index (χ2n) is 2.67. The summed E-state index contributed by atoms with van der Waals surface area (Å²) < 4.78 is 0. The molecule has 0 fully saturated rings. The van der Waals surface area contributed by atoms with Crippen LogP contribution in [0.25, 0.3) is 0 Å². The first kappa shape index (κ1) is 9.52. The zero-order valence-corrected chi connectivity index (χ0v) is 6.94. The highest BCUT2D eigenvalue weighted by Crippen LogP contribution is 2.20. The predicted octanol–water partition coefficient (Wildman–Crippen LogP) is 0.256. The van der Waals surface area contributed by atoms with E-state index in [1.165, 1.54) is 18.2 Å². The maximum absolute atomic E-state index is 9.13. The number of phenols is 1. The van der Waals surface area contributed by atoms with Crippen LogP contribution in [0.3, 0.4) is 0 Å². The van der Waals surface area contributed by atoms with Gasteiger partial charge in [0, 0.05) is 0 Å². The first-order valence-electron chi connectivity index (χ1n) is 3.78. The van der Waals surface area contributed by atoms with Crippen molar-refractivity contribution in [3.8, 4) is 11.8 Å². The summed E-state index contributed by atoms with van der Waals surface area (Å²) in [6, 6.07) is 5.58. The van der Waals surface area contributed by atoms with Crippen molar-refractivity contribution in [2.75, 3.05) is 6.61 Å². The lowest BCUT2D eigenvalue weighted by molar-refractivity contribution is 0.267. The third-order valence-corrected chi connectivity index (χ3v) is 1.75. The molecular weight excluding hydrogens is 168 g/mol. The van der Waals surface area contributed by atoms with Gasteiger partial charge in [-0.3, -0.25) is 0 Å². The summed E-state index contributed by atoms with van der Waals surface area (Å²) in [5, 5.41) is 26.6. The molecule has 0 aromatic heterocycles. The van der Waals surface area contributed by atoms with Crippen molar-refractivity contribution in [2.45, 2.75) is 6.04 Å². The van der Waals surface area contributed by atoms with E-state index in [9.17, 15) is 0 Å². The molecule has 1 aromatic carbocycles. The minimum Gasteiger partial charge on any atom is -0.508 e. The standard InChI is InChI=1S/C9H10N2O2/c10-4-6-1-2-7(13)3-8(6)9(11)5-12/h1-3,9,12-13H,5,11H2/t9-/m1/s1. The van der Waals surface area contributed by atoms with Crippen molar-refractivity contribution < 1.29 is 10.2 Å². The van der Waals surface area contributed by atoms with Crippen molar-refractivity contribution in [2.24, 2.45) is 5.73 Å². The molecule has 0 unspecified atom stereocenters. The van der Waals surface area contributed by atoms with Crippen LogP contribution >= 0.6 is 0 Å². The van der Waals surface area contributed by atoms with Crippen molar-refractivity contribution in [1.29, 1.82) is 5.26 Å². The molecule has 0 saturated heterocycles. The molecule has 0 radical (unpaired) electrons. The maximum atomic E-state index is 9.13. The smallest absolute Gasteiger partial charge is 0.116 e. The summed E-state index contributed by atoms with van der Waals surface area (Å²) in [6.07, 6.45) is 0. The van der Waals surface area contributed by atoms with Crippen LogP contribution in [-0.2, 0) is 0 Å². The molecular formula is C9H10N2O2. The zero-order chi connectivity index (χ0) is 9.84. The second kappa shape index (κ2) is 3.90. The van der Waals surface area contributed by atoms with Gasteiger partial charge in [0.1, 0.15) is 5.75 Å². The molecule has 0 bridgehead atoms. The number of hydrogen-bond donors (Lipinski definition) is 3. The minimum absolute atomic E-state index is 0.0397. The molecule has 13 heavy (non-hydrogen) atoms. The molecule has 4 nitrogen and oxygen atoms in total. The van der Waals surface area contributed by atoms with Crippen LogP contribution in [0.1, 0.15) is 17.2 Å².